The Labute approximate surface area is 301 Å². The molecule has 8 aromatic carbocycles. The van der Waals surface area contributed by atoms with Gasteiger partial charge in [0.05, 0.1) is 11.4 Å². The number of nitrogens with zero attached hydrogens (tertiary/aromatic N) is 3. The molecule has 2 aromatic heterocycles. The van der Waals surface area contributed by atoms with Crippen LogP contribution in [0.1, 0.15) is 0 Å². The second-order valence-corrected chi connectivity index (χ2v) is 13.2. The number of benzene rings is 8. The first-order valence-corrected chi connectivity index (χ1v) is 17.6. The molecule has 0 amide bonds. The maximum absolute atomic E-state index is 5.23. The molecule has 10 aromatic rings. The molecular formula is C49H31N3. The van der Waals surface area contributed by atoms with Gasteiger partial charge in [-0.15, -0.1) is 0 Å². The van der Waals surface area contributed by atoms with Gasteiger partial charge < -0.3 is 0 Å². The summed E-state index contributed by atoms with van der Waals surface area (Å²) in [5.74, 6) is 0.697. The summed E-state index contributed by atoms with van der Waals surface area (Å²) in [5.41, 5.74) is 9.31. The molecule has 0 saturated carbocycles. The van der Waals surface area contributed by atoms with E-state index in [1.54, 1.807) is 0 Å². The Bertz CT molecular complexity index is 2880. The first-order chi connectivity index (χ1) is 25.8. The van der Waals surface area contributed by atoms with E-state index in [0.29, 0.717) is 5.82 Å². The summed E-state index contributed by atoms with van der Waals surface area (Å²) in [7, 11) is 0. The molecule has 0 radical (unpaired) electrons. The fourth-order valence-corrected chi connectivity index (χ4v) is 7.72. The van der Waals surface area contributed by atoms with Crippen LogP contribution in [0, 0.1) is 0 Å². The van der Waals surface area contributed by atoms with Crippen LogP contribution in [0.3, 0.4) is 0 Å². The Morgan fingerprint density at radius 3 is 1.44 bits per heavy atom. The highest BCUT2D eigenvalue weighted by Gasteiger charge is 2.18. The van der Waals surface area contributed by atoms with Crippen LogP contribution in [0.15, 0.2) is 188 Å². The molecule has 3 nitrogen and oxygen atoms in total. The molecule has 0 N–H and O–H groups in total. The van der Waals surface area contributed by atoms with Crippen molar-refractivity contribution in [1.29, 1.82) is 0 Å². The Kier molecular flexibility index (Phi) is 7.14. The molecule has 0 spiro atoms. The first kappa shape index (κ1) is 29.9. The summed E-state index contributed by atoms with van der Waals surface area (Å²) in [6.45, 7) is 0. The SMILES string of the molecule is c1ccc(-c2cc(-c3cc(-c4ccncc4)cc(-c4cc5c6ccccc6c6ccccc6c5c5ccccc45)c3)nc(-c3ccccc3)n2)cc1. The number of aromatic nitrogens is 3. The van der Waals surface area contributed by atoms with Crippen molar-refractivity contribution in [2.45, 2.75) is 0 Å². The molecule has 0 atom stereocenters. The van der Waals surface area contributed by atoms with Gasteiger partial charge >= 0.3 is 0 Å². The third-order valence-electron chi connectivity index (χ3n) is 10.1. The van der Waals surface area contributed by atoms with Gasteiger partial charge in [0.25, 0.3) is 0 Å². The summed E-state index contributed by atoms with van der Waals surface area (Å²) >= 11 is 0. The molecule has 0 fully saturated rings. The van der Waals surface area contributed by atoms with Crippen LogP contribution in [0.5, 0.6) is 0 Å². The van der Waals surface area contributed by atoms with Gasteiger partial charge in [-0.3, -0.25) is 4.98 Å². The molecule has 0 aliphatic heterocycles. The Morgan fingerprint density at radius 2 is 0.769 bits per heavy atom. The summed E-state index contributed by atoms with van der Waals surface area (Å²) in [5, 5.41) is 10.1. The van der Waals surface area contributed by atoms with Crippen molar-refractivity contribution in [1.82, 2.24) is 15.0 Å². The summed E-state index contributed by atoms with van der Waals surface area (Å²) in [4.78, 5) is 14.6. The smallest absolute Gasteiger partial charge is 0.160 e. The minimum Gasteiger partial charge on any atom is -0.265 e. The zero-order valence-corrected chi connectivity index (χ0v) is 28.2. The van der Waals surface area contributed by atoms with Crippen molar-refractivity contribution < 1.29 is 0 Å². The topological polar surface area (TPSA) is 38.7 Å². The molecule has 0 unspecified atom stereocenters. The molecule has 0 bridgehead atoms. The lowest BCUT2D eigenvalue weighted by atomic mass is 9.86. The van der Waals surface area contributed by atoms with E-state index in [1.165, 1.54) is 48.7 Å². The van der Waals surface area contributed by atoms with Crippen LogP contribution in [0.2, 0.25) is 0 Å². The summed E-state index contributed by atoms with van der Waals surface area (Å²) in [6, 6.07) is 62.6. The zero-order chi connectivity index (χ0) is 34.4. The Balaban J connectivity index is 1.29. The average Bonchev–Trinajstić information content (AvgIpc) is 3.24. The summed E-state index contributed by atoms with van der Waals surface area (Å²) in [6.07, 6.45) is 3.71. The van der Waals surface area contributed by atoms with Crippen molar-refractivity contribution in [3.05, 3.63) is 188 Å². The molecule has 0 aliphatic rings. The quantitative estimate of drug-likeness (QED) is 0.172. The number of hydrogen-bond acceptors (Lipinski definition) is 3. The zero-order valence-electron chi connectivity index (χ0n) is 28.2. The molecular weight excluding hydrogens is 631 g/mol. The molecule has 0 aliphatic carbocycles. The monoisotopic (exact) mass is 661 g/mol. The van der Waals surface area contributed by atoms with Crippen molar-refractivity contribution in [3.63, 3.8) is 0 Å². The van der Waals surface area contributed by atoms with Gasteiger partial charge in [0.2, 0.25) is 0 Å². The number of pyridine rings is 1. The van der Waals surface area contributed by atoms with E-state index in [9.17, 15) is 0 Å². The molecule has 3 heteroatoms. The number of fused-ring (bicyclic) bond motifs is 8. The van der Waals surface area contributed by atoms with E-state index in [-0.39, 0.29) is 0 Å². The van der Waals surface area contributed by atoms with E-state index < -0.39 is 0 Å². The predicted molar refractivity (Wildman–Crippen MR) is 217 cm³/mol. The van der Waals surface area contributed by atoms with Crippen molar-refractivity contribution in [2.24, 2.45) is 0 Å². The van der Waals surface area contributed by atoms with Crippen LogP contribution >= 0.6 is 0 Å². The second-order valence-electron chi connectivity index (χ2n) is 13.2. The van der Waals surface area contributed by atoms with Crippen molar-refractivity contribution in [3.8, 4) is 56.2 Å². The third-order valence-corrected chi connectivity index (χ3v) is 10.1. The molecule has 52 heavy (non-hydrogen) atoms. The minimum absolute atomic E-state index is 0.697. The maximum Gasteiger partial charge on any atom is 0.160 e. The normalized spacial score (nSPS) is 11.5. The van der Waals surface area contributed by atoms with Gasteiger partial charge in [0.15, 0.2) is 5.82 Å². The van der Waals surface area contributed by atoms with Gasteiger partial charge in [0.1, 0.15) is 0 Å². The predicted octanol–water partition coefficient (Wildman–Crippen LogP) is 12.8. The maximum atomic E-state index is 5.23. The van der Waals surface area contributed by atoms with E-state index in [0.717, 1.165) is 44.8 Å². The minimum atomic E-state index is 0.697. The first-order valence-electron chi connectivity index (χ1n) is 17.6. The van der Waals surface area contributed by atoms with Crippen LogP contribution in [-0.4, -0.2) is 15.0 Å². The number of hydrogen-bond donors (Lipinski definition) is 0. The van der Waals surface area contributed by atoms with Crippen LogP contribution in [-0.2, 0) is 0 Å². The van der Waals surface area contributed by atoms with Gasteiger partial charge in [-0.1, -0.05) is 133 Å². The summed E-state index contributed by atoms with van der Waals surface area (Å²) < 4.78 is 0. The van der Waals surface area contributed by atoms with Gasteiger partial charge in [-0.05, 0) is 108 Å². The van der Waals surface area contributed by atoms with Crippen molar-refractivity contribution in [2.75, 3.05) is 0 Å². The second kappa shape index (κ2) is 12.4. The highest BCUT2D eigenvalue weighted by Crippen LogP contribution is 2.44. The van der Waals surface area contributed by atoms with Gasteiger partial charge in [-0.2, -0.15) is 0 Å². The highest BCUT2D eigenvalue weighted by atomic mass is 14.9. The van der Waals surface area contributed by atoms with Gasteiger partial charge in [-0.25, -0.2) is 9.97 Å². The Morgan fingerprint density at radius 1 is 0.288 bits per heavy atom. The highest BCUT2D eigenvalue weighted by molar-refractivity contribution is 6.33. The number of rotatable bonds is 5. The molecule has 2 heterocycles. The van der Waals surface area contributed by atoms with Crippen LogP contribution in [0.4, 0.5) is 0 Å². The molecule has 0 saturated heterocycles. The fraction of sp³-hybridized carbons (Fsp3) is 0. The lowest BCUT2D eigenvalue weighted by molar-refractivity contribution is 1.18. The van der Waals surface area contributed by atoms with E-state index in [4.69, 9.17) is 9.97 Å². The fourth-order valence-electron chi connectivity index (χ4n) is 7.72. The van der Waals surface area contributed by atoms with E-state index in [1.807, 2.05) is 36.7 Å². The lowest BCUT2D eigenvalue weighted by Crippen LogP contribution is -1.96. The largest absolute Gasteiger partial charge is 0.265 e. The standard InChI is InChI=1S/C49H31N3/c1-3-13-33(14-4-1)46-31-47(52-49(51-46)34-15-5-2-6-16-34)37-28-35(32-23-25-50-26-24-32)27-36(29-37)44-30-45-40-19-8-7-17-38(40)39-18-9-11-21-42(39)48(45)43-22-12-10-20-41(43)44/h1-31H. The van der Waals surface area contributed by atoms with E-state index >= 15 is 0 Å². The van der Waals surface area contributed by atoms with E-state index in [2.05, 4.69) is 157 Å². The van der Waals surface area contributed by atoms with Crippen LogP contribution < -0.4 is 0 Å². The Hall–Kier alpha value is -6.97. The van der Waals surface area contributed by atoms with Crippen molar-refractivity contribution >= 4 is 43.1 Å². The average molecular weight is 662 g/mol. The van der Waals surface area contributed by atoms with Crippen LogP contribution in [0.25, 0.3) is 99.2 Å². The third kappa shape index (κ3) is 5.10. The molecule has 242 valence electrons. The molecule has 10 rings (SSSR count). The lowest BCUT2D eigenvalue weighted by Gasteiger charge is -2.17. The van der Waals surface area contributed by atoms with Gasteiger partial charge in [0, 0.05) is 29.1 Å².